The molecule has 4 aromatic rings. The molecule has 35 heavy (non-hydrogen) atoms. The fraction of sp³-hybridized carbons (Fsp3) is 0.167. The van der Waals surface area contributed by atoms with Crippen LogP contribution in [0.3, 0.4) is 0 Å². The molecule has 0 bridgehead atoms. The third-order valence-electron chi connectivity index (χ3n) is 4.99. The van der Waals surface area contributed by atoms with Gasteiger partial charge in [0, 0.05) is 10.6 Å². The molecule has 0 aliphatic carbocycles. The zero-order chi connectivity index (χ0) is 25.2. The number of alkyl halides is 3. The van der Waals surface area contributed by atoms with Gasteiger partial charge in [0.05, 0.1) is 18.2 Å². The Bertz CT molecular complexity index is 1420. The van der Waals surface area contributed by atoms with Crippen LogP contribution in [0.15, 0.2) is 66.7 Å². The molecule has 11 heteroatoms. The molecule has 0 fully saturated rings. The van der Waals surface area contributed by atoms with Gasteiger partial charge in [-0.1, -0.05) is 29.8 Å². The monoisotopic (exact) mass is 499 g/mol. The highest BCUT2D eigenvalue weighted by Gasteiger charge is 2.35. The number of carbonyl (C=O) groups is 1. The molecule has 1 heterocycles. The Morgan fingerprint density at radius 2 is 1.74 bits per heavy atom. The molecule has 7 nitrogen and oxygen atoms in total. The van der Waals surface area contributed by atoms with E-state index < -0.39 is 28.7 Å². The van der Waals surface area contributed by atoms with Crippen molar-refractivity contribution in [3.05, 3.63) is 82.9 Å². The lowest BCUT2D eigenvalue weighted by molar-refractivity contribution is -0.136. The zero-order valence-electron chi connectivity index (χ0n) is 18.2. The van der Waals surface area contributed by atoms with Crippen molar-refractivity contribution in [2.75, 3.05) is 0 Å². The second-order valence-electron chi connectivity index (χ2n) is 7.89. The second-order valence-corrected chi connectivity index (χ2v) is 8.32. The number of hydrogen-bond acceptors (Lipinski definition) is 5. The number of ether oxygens (including phenoxy) is 1. The van der Waals surface area contributed by atoms with Gasteiger partial charge in [0.2, 0.25) is 0 Å². The molecule has 1 atom stereocenters. The summed E-state index contributed by atoms with van der Waals surface area (Å²) < 4.78 is 45.8. The molecular formula is C24H17ClF3N5O2. The van der Waals surface area contributed by atoms with Crippen molar-refractivity contribution < 1.29 is 22.7 Å². The summed E-state index contributed by atoms with van der Waals surface area (Å²) in [7, 11) is 0. The number of nitrogens with one attached hydrogen (secondary N) is 1. The van der Waals surface area contributed by atoms with E-state index in [1.54, 1.807) is 24.3 Å². The molecule has 0 saturated carbocycles. The van der Waals surface area contributed by atoms with Crippen LogP contribution in [-0.4, -0.2) is 26.4 Å². The number of halogens is 4. The van der Waals surface area contributed by atoms with E-state index in [4.69, 9.17) is 16.3 Å². The number of hydrogen-bond donors (Lipinski definition) is 1. The highest BCUT2D eigenvalue weighted by atomic mass is 35.5. The SMILES string of the molecule is CC(C#N)(Cn1nc2cc(Cl)cc(C(F)(F)F)c2n1)NC(=O)c1ccc(Oc2ccccc2)cc1. The highest BCUT2D eigenvalue weighted by Crippen LogP contribution is 2.35. The van der Waals surface area contributed by atoms with Crippen LogP contribution in [0.5, 0.6) is 11.5 Å². The Labute approximate surface area is 202 Å². The van der Waals surface area contributed by atoms with E-state index in [9.17, 15) is 23.2 Å². The standard InChI is InChI=1S/C24H17ClF3N5O2/c1-23(13-29,14-33-31-20-12-16(25)11-19(21(20)32-33)24(26,27)28)30-22(34)15-7-9-18(10-8-15)35-17-5-3-2-4-6-17/h2-12H,14H2,1H3,(H,30,34). The Morgan fingerprint density at radius 3 is 2.37 bits per heavy atom. The van der Waals surface area contributed by atoms with E-state index in [1.165, 1.54) is 25.1 Å². The van der Waals surface area contributed by atoms with Crippen LogP contribution in [-0.2, 0) is 12.7 Å². The summed E-state index contributed by atoms with van der Waals surface area (Å²) in [5, 5.41) is 20.0. The van der Waals surface area contributed by atoms with Crippen molar-refractivity contribution >= 4 is 28.5 Å². The van der Waals surface area contributed by atoms with Crippen molar-refractivity contribution in [3.8, 4) is 17.6 Å². The van der Waals surface area contributed by atoms with E-state index in [-0.39, 0.29) is 22.6 Å². The van der Waals surface area contributed by atoms with Gasteiger partial charge in [0.1, 0.15) is 28.1 Å². The number of para-hydroxylation sites is 1. The van der Waals surface area contributed by atoms with Gasteiger partial charge >= 0.3 is 6.18 Å². The molecule has 1 unspecified atom stereocenters. The predicted molar refractivity (Wildman–Crippen MR) is 122 cm³/mol. The van der Waals surface area contributed by atoms with Gasteiger partial charge in [-0.05, 0) is 55.5 Å². The van der Waals surface area contributed by atoms with Gasteiger partial charge in [0.25, 0.3) is 5.91 Å². The number of nitrogens with zero attached hydrogens (tertiary/aromatic N) is 4. The normalized spacial score (nSPS) is 13.1. The molecule has 4 rings (SSSR count). The lowest BCUT2D eigenvalue weighted by atomic mass is 10.0. The minimum atomic E-state index is -4.69. The van der Waals surface area contributed by atoms with Crippen molar-refractivity contribution in [3.63, 3.8) is 0 Å². The third-order valence-corrected chi connectivity index (χ3v) is 5.21. The molecular weight excluding hydrogens is 483 g/mol. The molecule has 1 N–H and O–H groups in total. The number of amides is 1. The van der Waals surface area contributed by atoms with Crippen LogP contribution in [0.4, 0.5) is 13.2 Å². The van der Waals surface area contributed by atoms with E-state index in [2.05, 4.69) is 15.5 Å². The van der Waals surface area contributed by atoms with E-state index in [0.29, 0.717) is 11.5 Å². The Hall–Kier alpha value is -4.10. The van der Waals surface area contributed by atoms with Crippen LogP contribution < -0.4 is 10.1 Å². The smallest absolute Gasteiger partial charge is 0.418 e. The number of nitriles is 1. The molecule has 1 amide bonds. The van der Waals surface area contributed by atoms with Crippen LogP contribution in [0.2, 0.25) is 5.02 Å². The summed E-state index contributed by atoms with van der Waals surface area (Å²) in [4.78, 5) is 13.7. The highest BCUT2D eigenvalue weighted by molar-refractivity contribution is 6.31. The number of carbonyl (C=O) groups excluding carboxylic acids is 1. The van der Waals surface area contributed by atoms with Gasteiger partial charge < -0.3 is 10.1 Å². The van der Waals surface area contributed by atoms with Crippen molar-refractivity contribution in [2.24, 2.45) is 0 Å². The summed E-state index contributed by atoms with van der Waals surface area (Å²) in [6.07, 6.45) is -4.69. The minimum absolute atomic E-state index is 0.0783. The maximum atomic E-state index is 13.4. The number of rotatable bonds is 6. The second kappa shape index (κ2) is 9.27. The lowest BCUT2D eigenvalue weighted by Gasteiger charge is -2.22. The summed E-state index contributed by atoms with van der Waals surface area (Å²) in [6.45, 7) is 1.12. The van der Waals surface area contributed by atoms with E-state index in [1.807, 2.05) is 24.3 Å². The van der Waals surface area contributed by atoms with Gasteiger partial charge in [-0.15, -0.1) is 0 Å². The molecule has 0 radical (unpaired) electrons. The van der Waals surface area contributed by atoms with Gasteiger partial charge in [-0.3, -0.25) is 4.79 Å². The van der Waals surface area contributed by atoms with Crippen LogP contribution in [0.1, 0.15) is 22.8 Å². The minimum Gasteiger partial charge on any atom is -0.457 e. The van der Waals surface area contributed by atoms with Crippen molar-refractivity contribution in [2.45, 2.75) is 25.2 Å². The largest absolute Gasteiger partial charge is 0.457 e. The first-order chi connectivity index (χ1) is 16.6. The summed E-state index contributed by atoms with van der Waals surface area (Å²) in [5.41, 5.74) is -2.77. The first-order valence-electron chi connectivity index (χ1n) is 10.2. The molecule has 178 valence electrons. The molecule has 0 spiro atoms. The van der Waals surface area contributed by atoms with Gasteiger partial charge in [-0.25, -0.2) is 0 Å². The fourth-order valence-corrected chi connectivity index (χ4v) is 3.53. The third kappa shape index (κ3) is 5.53. The van der Waals surface area contributed by atoms with Crippen LogP contribution >= 0.6 is 11.6 Å². The maximum Gasteiger partial charge on any atom is 0.418 e. The average molecular weight is 500 g/mol. The fourth-order valence-electron chi connectivity index (χ4n) is 3.32. The first-order valence-corrected chi connectivity index (χ1v) is 10.6. The van der Waals surface area contributed by atoms with Crippen LogP contribution in [0, 0.1) is 11.3 Å². The van der Waals surface area contributed by atoms with E-state index >= 15 is 0 Å². The van der Waals surface area contributed by atoms with Crippen molar-refractivity contribution in [1.29, 1.82) is 5.26 Å². The van der Waals surface area contributed by atoms with E-state index in [0.717, 1.165) is 10.9 Å². The maximum absolute atomic E-state index is 13.4. The summed E-state index contributed by atoms with van der Waals surface area (Å²) in [5.74, 6) is 0.592. The topological polar surface area (TPSA) is 92.8 Å². The van der Waals surface area contributed by atoms with Crippen LogP contribution in [0.25, 0.3) is 11.0 Å². The number of fused-ring (bicyclic) bond motifs is 1. The molecule has 0 saturated heterocycles. The average Bonchev–Trinajstić information content (AvgIpc) is 3.20. The lowest BCUT2D eigenvalue weighted by Crippen LogP contribution is -2.48. The van der Waals surface area contributed by atoms with Gasteiger partial charge in [-0.2, -0.15) is 33.4 Å². The Kier molecular flexibility index (Phi) is 6.37. The molecule has 3 aromatic carbocycles. The summed E-state index contributed by atoms with van der Waals surface area (Å²) in [6, 6.07) is 19.3. The van der Waals surface area contributed by atoms with Crippen molar-refractivity contribution in [1.82, 2.24) is 20.3 Å². The number of benzene rings is 3. The molecule has 0 aliphatic rings. The molecule has 1 aromatic heterocycles. The quantitative estimate of drug-likeness (QED) is 0.372. The Balaban J connectivity index is 1.51. The Morgan fingerprint density at radius 1 is 1.09 bits per heavy atom. The first kappa shape index (κ1) is 24.0. The zero-order valence-corrected chi connectivity index (χ0v) is 18.9. The summed E-state index contributed by atoms with van der Waals surface area (Å²) >= 11 is 5.80. The predicted octanol–water partition coefficient (Wildman–Crippen LogP) is 5.61. The molecule has 0 aliphatic heterocycles. The number of aromatic nitrogens is 3. The van der Waals surface area contributed by atoms with Gasteiger partial charge in [0.15, 0.2) is 0 Å².